The fraction of sp³-hybridized carbons (Fsp3) is 0.542. The van der Waals surface area contributed by atoms with Crippen molar-refractivity contribution in [3.8, 4) is 5.69 Å². The van der Waals surface area contributed by atoms with Gasteiger partial charge in [-0.15, -0.1) is 0 Å². The molecule has 1 aliphatic heterocycles. The van der Waals surface area contributed by atoms with E-state index in [0.717, 1.165) is 22.9 Å². The normalized spacial score (nSPS) is 17.6. The molecule has 0 spiro atoms. The summed E-state index contributed by atoms with van der Waals surface area (Å²) in [5, 5.41) is 3.89. The van der Waals surface area contributed by atoms with E-state index in [1.54, 1.807) is 29.2 Å². The van der Waals surface area contributed by atoms with Crippen LogP contribution in [0.1, 0.15) is 60.1 Å². The second-order valence-electron chi connectivity index (χ2n) is 9.01. The fourth-order valence-electron chi connectivity index (χ4n) is 4.77. The van der Waals surface area contributed by atoms with E-state index in [1.807, 2.05) is 6.92 Å². The average molecular weight is 463 g/mol. The van der Waals surface area contributed by atoms with Crippen LogP contribution in [-0.4, -0.2) is 57.6 Å². The van der Waals surface area contributed by atoms with Crippen molar-refractivity contribution in [1.29, 1.82) is 0 Å². The van der Waals surface area contributed by atoms with Crippen LogP contribution in [0.5, 0.6) is 0 Å². The molecule has 0 atom stereocenters. The molecule has 4 rings (SSSR count). The Balaban J connectivity index is 1.43. The summed E-state index contributed by atoms with van der Waals surface area (Å²) in [6.07, 6.45) is 2.49. The van der Waals surface area contributed by atoms with Crippen LogP contribution in [0.25, 0.3) is 5.69 Å². The molecule has 1 aromatic carbocycles. The van der Waals surface area contributed by atoms with Gasteiger partial charge in [0.15, 0.2) is 5.69 Å². The SMILES string of the molecule is Cc1ccc(-n2ncc(C(=O)N3CCN(C(=O)CCC4CCCC4)CC3)c2C(F)(F)F)cc1. The molecule has 1 aliphatic carbocycles. The third kappa shape index (κ3) is 5.23. The molecule has 2 amide bonds. The summed E-state index contributed by atoms with van der Waals surface area (Å²) in [6.45, 7) is 2.93. The van der Waals surface area contributed by atoms with E-state index in [4.69, 9.17) is 0 Å². The van der Waals surface area contributed by atoms with Crippen molar-refractivity contribution in [3.63, 3.8) is 0 Å². The summed E-state index contributed by atoms with van der Waals surface area (Å²) in [4.78, 5) is 28.6. The maximum absolute atomic E-state index is 13.9. The first-order valence-electron chi connectivity index (χ1n) is 11.5. The molecular formula is C24H29F3N4O2. The van der Waals surface area contributed by atoms with Crippen molar-refractivity contribution in [3.05, 3.63) is 47.3 Å². The summed E-state index contributed by atoms with van der Waals surface area (Å²) in [7, 11) is 0. The molecule has 1 aromatic heterocycles. The van der Waals surface area contributed by atoms with Crippen LogP contribution in [0.3, 0.4) is 0 Å². The first kappa shape index (κ1) is 23.3. The Morgan fingerprint density at radius 1 is 1.00 bits per heavy atom. The zero-order valence-electron chi connectivity index (χ0n) is 18.8. The third-order valence-corrected chi connectivity index (χ3v) is 6.71. The van der Waals surface area contributed by atoms with Crippen LogP contribution in [0.4, 0.5) is 13.2 Å². The Morgan fingerprint density at radius 3 is 2.21 bits per heavy atom. The summed E-state index contributed by atoms with van der Waals surface area (Å²) < 4.78 is 42.6. The van der Waals surface area contributed by atoms with Crippen molar-refractivity contribution < 1.29 is 22.8 Å². The first-order chi connectivity index (χ1) is 15.7. The molecule has 0 N–H and O–H groups in total. The van der Waals surface area contributed by atoms with Gasteiger partial charge in [0.1, 0.15) is 0 Å². The number of aromatic nitrogens is 2. The zero-order chi connectivity index (χ0) is 23.6. The Hall–Kier alpha value is -2.84. The molecule has 6 nitrogen and oxygen atoms in total. The molecule has 2 heterocycles. The molecule has 9 heteroatoms. The summed E-state index contributed by atoms with van der Waals surface area (Å²) in [5.74, 6) is -0.0152. The lowest BCUT2D eigenvalue weighted by Crippen LogP contribution is -2.50. The predicted molar refractivity (Wildman–Crippen MR) is 117 cm³/mol. The third-order valence-electron chi connectivity index (χ3n) is 6.71. The number of aryl methyl sites for hydroxylation is 1. The average Bonchev–Trinajstić information content (AvgIpc) is 3.47. The number of amides is 2. The second kappa shape index (κ2) is 9.57. The molecule has 33 heavy (non-hydrogen) atoms. The maximum Gasteiger partial charge on any atom is 0.434 e. The van der Waals surface area contributed by atoms with E-state index in [1.165, 1.54) is 30.6 Å². The molecule has 0 unspecified atom stereocenters. The van der Waals surface area contributed by atoms with E-state index >= 15 is 0 Å². The molecular weight excluding hydrogens is 433 g/mol. The van der Waals surface area contributed by atoms with Gasteiger partial charge < -0.3 is 9.80 Å². The summed E-state index contributed by atoms with van der Waals surface area (Å²) >= 11 is 0. The highest BCUT2D eigenvalue weighted by Crippen LogP contribution is 2.34. The van der Waals surface area contributed by atoms with Crippen molar-refractivity contribution in [1.82, 2.24) is 19.6 Å². The number of alkyl halides is 3. The topological polar surface area (TPSA) is 58.4 Å². The van der Waals surface area contributed by atoms with Crippen LogP contribution in [0.2, 0.25) is 0 Å². The maximum atomic E-state index is 13.9. The second-order valence-corrected chi connectivity index (χ2v) is 9.01. The van der Waals surface area contributed by atoms with Gasteiger partial charge in [-0.3, -0.25) is 9.59 Å². The van der Waals surface area contributed by atoms with Gasteiger partial charge in [-0.2, -0.15) is 18.3 Å². The van der Waals surface area contributed by atoms with Crippen molar-refractivity contribution in [2.75, 3.05) is 26.2 Å². The van der Waals surface area contributed by atoms with E-state index in [-0.39, 0.29) is 24.7 Å². The van der Waals surface area contributed by atoms with Gasteiger partial charge in [0.25, 0.3) is 5.91 Å². The van der Waals surface area contributed by atoms with Crippen LogP contribution in [0, 0.1) is 12.8 Å². The Kier molecular flexibility index (Phi) is 6.76. The monoisotopic (exact) mass is 462 g/mol. The molecule has 1 saturated heterocycles. The molecule has 2 aromatic rings. The minimum Gasteiger partial charge on any atom is -0.339 e. The van der Waals surface area contributed by atoms with Gasteiger partial charge in [-0.1, -0.05) is 43.4 Å². The van der Waals surface area contributed by atoms with Crippen molar-refractivity contribution in [2.45, 2.75) is 51.6 Å². The first-order valence-corrected chi connectivity index (χ1v) is 11.5. The van der Waals surface area contributed by atoms with E-state index in [0.29, 0.717) is 25.4 Å². The van der Waals surface area contributed by atoms with Crippen molar-refractivity contribution >= 4 is 11.8 Å². The van der Waals surface area contributed by atoms with Gasteiger partial charge in [0.2, 0.25) is 5.91 Å². The lowest BCUT2D eigenvalue weighted by molar-refractivity contribution is -0.143. The lowest BCUT2D eigenvalue weighted by Gasteiger charge is -2.35. The minimum atomic E-state index is -4.75. The quantitative estimate of drug-likeness (QED) is 0.660. The Bertz CT molecular complexity index is 986. The van der Waals surface area contributed by atoms with Crippen LogP contribution in [-0.2, 0) is 11.0 Å². The zero-order valence-corrected chi connectivity index (χ0v) is 18.8. The van der Waals surface area contributed by atoms with Gasteiger partial charge >= 0.3 is 6.18 Å². The highest BCUT2D eigenvalue weighted by atomic mass is 19.4. The smallest absolute Gasteiger partial charge is 0.339 e. The summed E-state index contributed by atoms with van der Waals surface area (Å²) in [6, 6.07) is 6.48. The number of benzene rings is 1. The lowest BCUT2D eigenvalue weighted by atomic mass is 10.0. The number of hydrogen-bond donors (Lipinski definition) is 0. The molecule has 2 aliphatic rings. The summed E-state index contributed by atoms with van der Waals surface area (Å²) in [5.41, 5.74) is -0.397. The number of carbonyl (C=O) groups is 2. The Morgan fingerprint density at radius 2 is 1.61 bits per heavy atom. The fourth-order valence-corrected chi connectivity index (χ4v) is 4.77. The van der Waals surface area contributed by atoms with E-state index in [9.17, 15) is 22.8 Å². The number of hydrogen-bond acceptors (Lipinski definition) is 3. The highest BCUT2D eigenvalue weighted by molar-refractivity contribution is 5.95. The molecule has 0 radical (unpaired) electrons. The highest BCUT2D eigenvalue weighted by Gasteiger charge is 2.42. The molecule has 178 valence electrons. The predicted octanol–water partition coefficient (Wildman–Crippen LogP) is 4.45. The van der Waals surface area contributed by atoms with Crippen molar-refractivity contribution in [2.24, 2.45) is 5.92 Å². The molecule has 2 fully saturated rings. The molecule has 0 bridgehead atoms. The minimum absolute atomic E-state index is 0.0668. The van der Waals surface area contributed by atoms with Gasteiger partial charge in [-0.05, 0) is 31.4 Å². The number of halogens is 3. The van der Waals surface area contributed by atoms with E-state index < -0.39 is 23.3 Å². The number of piperazine rings is 1. The van der Waals surface area contributed by atoms with Gasteiger partial charge in [-0.25, -0.2) is 4.68 Å². The van der Waals surface area contributed by atoms with Gasteiger partial charge in [0.05, 0.1) is 17.4 Å². The van der Waals surface area contributed by atoms with Gasteiger partial charge in [0, 0.05) is 32.6 Å². The largest absolute Gasteiger partial charge is 0.434 e. The van der Waals surface area contributed by atoms with Crippen LogP contribution >= 0.6 is 0 Å². The van der Waals surface area contributed by atoms with E-state index in [2.05, 4.69) is 5.10 Å². The molecule has 1 saturated carbocycles. The number of nitrogens with zero attached hydrogens (tertiary/aromatic N) is 4. The van der Waals surface area contributed by atoms with Crippen LogP contribution < -0.4 is 0 Å². The number of rotatable bonds is 5. The van der Waals surface area contributed by atoms with Crippen LogP contribution in [0.15, 0.2) is 30.5 Å². The standard InChI is InChI=1S/C24H29F3N4O2/c1-17-6-9-19(10-7-17)31-22(24(25,26)27)20(16-28-31)23(33)30-14-12-29(13-15-30)21(32)11-8-18-4-2-3-5-18/h6-7,9-10,16,18H,2-5,8,11-15H2,1H3. The number of carbonyl (C=O) groups excluding carboxylic acids is 2. The Labute approximate surface area is 191 Å².